The van der Waals surface area contributed by atoms with Crippen molar-refractivity contribution in [2.45, 2.75) is 5.75 Å². The zero-order chi connectivity index (χ0) is 8.32. The second-order valence-corrected chi connectivity index (χ2v) is 3.76. The molecule has 0 bridgehead atoms. The average Bonchev–Trinajstić information content (AvgIpc) is 1.85. The van der Waals surface area contributed by atoms with E-state index in [2.05, 4.69) is 0 Å². The molecule has 12 heavy (non-hydrogen) atoms. The van der Waals surface area contributed by atoms with Gasteiger partial charge in [0.2, 0.25) is 0 Å². The third-order valence-electron chi connectivity index (χ3n) is 1.20. The Bertz CT molecular complexity index is 323. The van der Waals surface area contributed by atoms with Gasteiger partial charge in [0, 0.05) is 0 Å². The summed E-state index contributed by atoms with van der Waals surface area (Å²) in [5.74, 6) is -0.201. The second kappa shape index (κ2) is 5.49. The first-order valence-electron chi connectivity index (χ1n) is 3.09. The van der Waals surface area contributed by atoms with E-state index in [0.717, 1.165) is 0 Å². The van der Waals surface area contributed by atoms with Crippen molar-refractivity contribution in [2.75, 3.05) is 0 Å². The standard InChI is InChI=1S/C7H8NO2S.K/c8-11(9,10)6-7-4-2-1-3-5-7;/h1-5H,6H2,(H-,8,9,10);/q-1;+1. The number of rotatable bonds is 2. The summed E-state index contributed by atoms with van der Waals surface area (Å²) in [7, 11) is -3.63. The first-order chi connectivity index (χ1) is 5.08. The van der Waals surface area contributed by atoms with Gasteiger partial charge in [-0.15, -0.1) is 0 Å². The molecule has 0 aliphatic heterocycles. The Kier molecular flexibility index (Phi) is 5.84. The van der Waals surface area contributed by atoms with Crippen LogP contribution in [0, 0.1) is 0 Å². The molecular formula is C7H8KNO2S. The maximum absolute atomic E-state index is 10.5. The number of nitrogens with one attached hydrogen (secondary N) is 1. The first kappa shape index (κ1) is 12.8. The summed E-state index contributed by atoms with van der Waals surface area (Å²) < 4.78 is 20.9. The van der Waals surface area contributed by atoms with Crippen LogP contribution < -0.4 is 51.4 Å². The molecule has 5 heteroatoms. The van der Waals surface area contributed by atoms with Gasteiger partial charge in [-0.3, -0.25) is 0 Å². The molecule has 0 radical (unpaired) electrons. The zero-order valence-electron chi connectivity index (χ0n) is 6.82. The smallest absolute Gasteiger partial charge is 0.564 e. The molecule has 0 aliphatic carbocycles. The molecule has 3 nitrogen and oxygen atoms in total. The van der Waals surface area contributed by atoms with Crippen LogP contribution in [0.25, 0.3) is 5.14 Å². The van der Waals surface area contributed by atoms with Crippen LogP contribution in [0.5, 0.6) is 0 Å². The van der Waals surface area contributed by atoms with E-state index in [0.29, 0.717) is 5.56 Å². The van der Waals surface area contributed by atoms with Gasteiger partial charge in [-0.25, -0.2) is 8.42 Å². The van der Waals surface area contributed by atoms with Crippen molar-refractivity contribution in [2.24, 2.45) is 0 Å². The van der Waals surface area contributed by atoms with Gasteiger partial charge in [0.1, 0.15) is 0 Å². The molecule has 1 rings (SSSR count). The molecular weight excluding hydrogens is 201 g/mol. The van der Waals surface area contributed by atoms with Gasteiger partial charge in [0.15, 0.2) is 0 Å². The van der Waals surface area contributed by atoms with E-state index in [1.54, 1.807) is 30.3 Å². The van der Waals surface area contributed by atoms with Crippen molar-refractivity contribution in [3.8, 4) is 0 Å². The number of hydrogen-bond acceptors (Lipinski definition) is 2. The molecule has 0 saturated carbocycles. The van der Waals surface area contributed by atoms with E-state index in [-0.39, 0.29) is 57.1 Å². The van der Waals surface area contributed by atoms with Crippen LogP contribution in [-0.2, 0) is 15.8 Å². The van der Waals surface area contributed by atoms with Crippen LogP contribution in [-0.4, -0.2) is 8.42 Å². The predicted molar refractivity (Wildman–Crippen MR) is 43.4 cm³/mol. The topological polar surface area (TPSA) is 57.9 Å². The van der Waals surface area contributed by atoms with Crippen molar-refractivity contribution >= 4 is 10.0 Å². The normalized spacial score (nSPS) is 10.4. The van der Waals surface area contributed by atoms with Gasteiger partial charge in [0.05, 0.1) is 15.8 Å². The van der Waals surface area contributed by atoms with E-state index in [9.17, 15) is 8.42 Å². The molecule has 0 amide bonds. The number of hydrogen-bond donors (Lipinski definition) is 0. The Morgan fingerprint density at radius 1 is 1.17 bits per heavy atom. The van der Waals surface area contributed by atoms with Gasteiger partial charge in [-0.2, -0.15) is 0 Å². The fourth-order valence-corrected chi connectivity index (χ4v) is 1.42. The maximum Gasteiger partial charge on any atom is 1.00 e. The molecule has 0 aliphatic rings. The van der Waals surface area contributed by atoms with Crippen LogP contribution in [0.4, 0.5) is 0 Å². The Morgan fingerprint density at radius 3 is 2.08 bits per heavy atom. The van der Waals surface area contributed by atoms with Crippen molar-refractivity contribution in [3.05, 3.63) is 41.0 Å². The quantitative estimate of drug-likeness (QED) is 0.561. The van der Waals surface area contributed by atoms with Gasteiger partial charge in [-0.05, 0) is 5.56 Å². The van der Waals surface area contributed by atoms with Crippen LogP contribution in [0.3, 0.4) is 0 Å². The maximum atomic E-state index is 10.5. The Hall–Kier alpha value is 0.766. The monoisotopic (exact) mass is 209 g/mol. The molecule has 0 aromatic heterocycles. The molecule has 60 valence electrons. The van der Waals surface area contributed by atoms with E-state index >= 15 is 0 Å². The summed E-state index contributed by atoms with van der Waals surface area (Å²) in [4.78, 5) is 0. The molecule has 0 atom stereocenters. The Morgan fingerprint density at radius 2 is 1.67 bits per heavy atom. The zero-order valence-corrected chi connectivity index (χ0v) is 10.8. The fraction of sp³-hybridized carbons (Fsp3) is 0.143. The third kappa shape index (κ3) is 5.42. The Labute approximate surface area is 115 Å². The number of benzene rings is 1. The van der Waals surface area contributed by atoms with Crippen LogP contribution in [0.2, 0.25) is 0 Å². The summed E-state index contributed by atoms with van der Waals surface area (Å²) in [6.45, 7) is 0. The largest absolute Gasteiger partial charge is 1.00 e. The minimum absolute atomic E-state index is 0. The molecule has 0 fully saturated rings. The molecule has 1 aromatic carbocycles. The van der Waals surface area contributed by atoms with Crippen molar-refractivity contribution in [3.63, 3.8) is 0 Å². The minimum Gasteiger partial charge on any atom is -0.564 e. The molecule has 0 saturated heterocycles. The predicted octanol–water partition coefficient (Wildman–Crippen LogP) is -1.43. The van der Waals surface area contributed by atoms with Crippen molar-refractivity contribution in [1.82, 2.24) is 0 Å². The van der Waals surface area contributed by atoms with E-state index in [4.69, 9.17) is 5.14 Å². The van der Waals surface area contributed by atoms with E-state index < -0.39 is 10.0 Å². The fourth-order valence-electron chi connectivity index (χ4n) is 0.794. The first-order valence-corrected chi connectivity index (χ1v) is 4.74. The van der Waals surface area contributed by atoms with E-state index in [1.807, 2.05) is 0 Å². The van der Waals surface area contributed by atoms with Gasteiger partial charge in [0.25, 0.3) is 0 Å². The summed E-state index contributed by atoms with van der Waals surface area (Å²) in [6, 6.07) is 8.68. The third-order valence-corrected chi connectivity index (χ3v) is 1.91. The molecule has 1 aromatic rings. The van der Waals surface area contributed by atoms with Crippen molar-refractivity contribution in [1.29, 1.82) is 0 Å². The SMILES string of the molecule is [K+].[NH-]S(=O)(=O)Cc1ccccc1. The average molecular weight is 209 g/mol. The second-order valence-electron chi connectivity index (χ2n) is 2.24. The van der Waals surface area contributed by atoms with E-state index in [1.165, 1.54) is 0 Å². The molecule has 0 spiro atoms. The summed E-state index contributed by atoms with van der Waals surface area (Å²) >= 11 is 0. The van der Waals surface area contributed by atoms with Gasteiger partial charge in [-0.1, -0.05) is 30.3 Å². The van der Waals surface area contributed by atoms with Crippen LogP contribution in [0.15, 0.2) is 30.3 Å². The molecule has 0 unspecified atom stereocenters. The minimum atomic E-state index is -3.63. The van der Waals surface area contributed by atoms with Gasteiger partial charge >= 0.3 is 51.4 Å². The van der Waals surface area contributed by atoms with Crippen LogP contribution in [0.1, 0.15) is 5.56 Å². The van der Waals surface area contributed by atoms with Gasteiger partial charge < -0.3 is 5.14 Å². The summed E-state index contributed by atoms with van der Waals surface area (Å²) in [6.07, 6.45) is 0. The van der Waals surface area contributed by atoms with Crippen molar-refractivity contribution < 1.29 is 59.8 Å². The van der Waals surface area contributed by atoms with Crippen LogP contribution >= 0.6 is 0 Å². The molecule has 0 heterocycles. The summed E-state index contributed by atoms with van der Waals surface area (Å²) in [5.41, 5.74) is 0.655. The summed E-state index contributed by atoms with van der Waals surface area (Å²) in [5, 5.41) is 6.64. The number of sulfonamides is 1. The Balaban J connectivity index is 0.00000121. The molecule has 1 N–H and O–H groups in total.